The molecule has 0 amide bonds. The first kappa shape index (κ1) is 13.4. The third-order valence-corrected chi connectivity index (χ3v) is 3.00. The fourth-order valence-corrected chi connectivity index (χ4v) is 2.22. The van der Waals surface area contributed by atoms with Gasteiger partial charge in [-0.05, 0) is 19.2 Å². The van der Waals surface area contributed by atoms with Crippen LogP contribution < -0.4 is 4.43 Å². The molecule has 1 radical (unpaired) electrons. The van der Waals surface area contributed by atoms with E-state index in [1.54, 1.807) is 18.6 Å². The third kappa shape index (κ3) is 4.29. The molecule has 0 atom stereocenters. The molecule has 0 spiro atoms. The van der Waals surface area contributed by atoms with E-state index in [-0.39, 0.29) is 0 Å². The van der Waals surface area contributed by atoms with Gasteiger partial charge in [-0.1, -0.05) is 18.2 Å². The molecular formula is C14H16N3OSi. The summed E-state index contributed by atoms with van der Waals surface area (Å²) in [5, 5.41) is 0. The first-order chi connectivity index (χ1) is 9.25. The number of para-hydroxylation sites is 1. The molecule has 0 aliphatic carbocycles. The highest BCUT2D eigenvalue weighted by Gasteiger charge is 2.05. The minimum atomic E-state index is -0.757. The molecule has 5 heteroatoms. The maximum Gasteiger partial charge on any atom is 0.274 e. The van der Waals surface area contributed by atoms with Crippen molar-refractivity contribution in [1.29, 1.82) is 0 Å². The summed E-state index contributed by atoms with van der Waals surface area (Å²) < 4.78 is 5.85. The highest BCUT2D eigenvalue weighted by atomic mass is 28.3. The van der Waals surface area contributed by atoms with Crippen molar-refractivity contribution in [3.63, 3.8) is 0 Å². The van der Waals surface area contributed by atoms with Gasteiger partial charge in [0.05, 0.1) is 6.54 Å². The fraction of sp³-hybridized carbons (Fsp3) is 0.214. The monoisotopic (exact) mass is 270 g/mol. The molecule has 0 saturated carbocycles. The van der Waals surface area contributed by atoms with Crippen molar-refractivity contribution in [2.75, 3.05) is 0 Å². The largest absolute Gasteiger partial charge is 0.542 e. The maximum absolute atomic E-state index is 5.85. The molecule has 19 heavy (non-hydrogen) atoms. The van der Waals surface area contributed by atoms with Gasteiger partial charge in [0.1, 0.15) is 12.1 Å². The molecule has 1 aromatic carbocycles. The Morgan fingerprint density at radius 2 is 1.95 bits per heavy atom. The van der Waals surface area contributed by atoms with E-state index in [1.165, 1.54) is 6.33 Å². The Balaban J connectivity index is 2.05. The van der Waals surface area contributed by atoms with Gasteiger partial charge in [0.15, 0.2) is 0 Å². The second-order valence-electron chi connectivity index (χ2n) is 4.26. The smallest absolute Gasteiger partial charge is 0.274 e. The molecule has 1 aromatic heterocycles. The Morgan fingerprint density at radius 3 is 2.68 bits per heavy atom. The summed E-state index contributed by atoms with van der Waals surface area (Å²) in [5.41, 5.74) is 2.00. The van der Waals surface area contributed by atoms with E-state index in [0.29, 0.717) is 6.54 Å². The lowest BCUT2D eigenvalue weighted by Crippen LogP contribution is -2.12. The van der Waals surface area contributed by atoms with Crippen LogP contribution in [0.2, 0.25) is 13.1 Å². The SMILES string of the molecule is C[Si](C)Oc1ccccc1CN=Cc1cncnc1. The molecule has 0 saturated heterocycles. The highest BCUT2D eigenvalue weighted by Crippen LogP contribution is 2.19. The van der Waals surface area contributed by atoms with Crippen molar-refractivity contribution < 1.29 is 4.43 Å². The summed E-state index contributed by atoms with van der Waals surface area (Å²) in [6.45, 7) is 4.83. The Labute approximate surface area is 114 Å². The van der Waals surface area contributed by atoms with Crippen LogP contribution in [0, 0.1) is 0 Å². The molecule has 0 N–H and O–H groups in total. The predicted octanol–water partition coefficient (Wildman–Crippen LogP) is 2.73. The number of hydrogen-bond donors (Lipinski definition) is 0. The zero-order chi connectivity index (χ0) is 13.5. The van der Waals surface area contributed by atoms with Crippen LogP contribution in [-0.2, 0) is 6.54 Å². The van der Waals surface area contributed by atoms with E-state index in [0.717, 1.165) is 16.9 Å². The van der Waals surface area contributed by atoms with E-state index in [1.807, 2.05) is 24.3 Å². The summed E-state index contributed by atoms with van der Waals surface area (Å²) in [6, 6.07) is 8.02. The first-order valence-electron chi connectivity index (χ1n) is 6.06. The average molecular weight is 270 g/mol. The number of benzene rings is 1. The van der Waals surface area contributed by atoms with Gasteiger partial charge in [-0.3, -0.25) is 4.99 Å². The van der Waals surface area contributed by atoms with Gasteiger partial charge in [0, 0.05) is 29.7 Å². The van der Waals surface area contributed by atoms with Gasteiger partial charge in [-0.15, -0.1) is 0 Å². The van der Waals surface area contributed by atoms with Gasteiger partial charge >= 0.3 is 0 Å². The number of rotatable bonds is 5. The lowest BCUT2D eigenvalue weighted by atomic mass is 10.2. The average Bonchev–Trinajstić information content (AvgIpc) is 2.41. The summed E-state index contributed by atoms with van der Waals surface area (Å²) in [6.07, 6.45) is 6.75. The van der Waals surface area contributed by atoms with Crippen LogP contribution in [0.4, 0.5) is 0 Å². The van der Waals surface area contributed by atoms with Crippen LogP contribution in [0.15, 0.2) is 48.0 Å². The van der Waals surface area contributed by atoms with Crippen molar-refractivity contribution in [1.82, 2.24) is 9.97 Å². The van der Waals surface area contributed by atoms with Crippen LogP contribution in [-0.4, -0.2) is 25.2 Å². The fourth-order valence-electron chi connectivity index (χ4n) is 1.58. The number of nitrogens with zero attached hydrogens (tertiary/aromatic N) is 3. The van der Waals surface area contributed by atoms with Crippen molar-refractivity contribution >= 4 is 15.3 Å². The van der Waals surface area contributed by atoms with E-state index >= 15 is 0 Å². The van der Waals surface area contributed by atoms with Gasteiger partial charge in [0.25, 0.3) is 9.04 Å². The first-order valence-corrected chi connectivity index (χ1v) is 8.47. The van der Waals surface area contributed by atoms with Crippen molar-refractivity contribution in [2.45, 2.75) is 19.6 Å². The lowest BCUT2D eigenvalue weighted by Gasteiger charge is -2.11. The van der Waals surface area contributed by atoms with E-state index in [4.69, 9.17) is 4.43 Å². The molecule has 4 nitrogen and oxygen atoms in total. The van der Waals surface area contributed by atoms with Gasteiger partial charge in [-0.25, -0.2) is 9.97 Å². The van der Waals surface area contributed by atoms with Crippen LogP contribution in [0.5, 0.6) is 5.75 Å². The highest BCUT2D eigenvalue weighted by molar-refractivity contribution is 6.49. The molecule has 0 aliphatic rings. The maximum atomic E-state index is 5.85. The zero-order valence-corrected chi connectivity index (χ0v) is 12.1. The zero-order valence-electron chi connectivity index (χ0n) is 11.1. The van der Waals surface area contributed by atoms with Crippen LogP contribution in [0.3, 0.4) is 0 Å². The molecule has 0 bridgehead atoms. The second-order valence-corrected chi connectivity index (χ2v) is 6.28. The molecular weight excluding hydrogens is 254 g/mol. The minimum absolute atomic E-state index is 0.597. The van der Waals surface area contributed by atoms with Crippen molar-refractivity contribution in [3.05, 3.63) is 54.1 Å². The Kier molecular flexibility index (Phi) is 4.80. The van der Waals surface area contributed by atoms with Gasteiger partial charge in [0.2, 0.25) is 0 Å². The Morgan fingerprint density at radius 1 is 1.21 bits per heavy atom. The molecule has 0 unspecified atom stereocenters. The minimum Gasteiger partial charge on any atom is -0.542 e. The third-order valence-electron chi connectivity index (χ3n) is 2.37. The van der Waals surface area contributed by atoms with E-state index in [9.17, 15) is 0 Å². The molecule has 1 heterocycles. The second kappa shape index (κ2) is 6.80. The van der Waals surface area contributed by atoms with Crippen LogP contribution in [0.1, 0.15) is 11.1 Å². The van der Waals surface area contributed by atoms with Crippen molar-refractivity contribution in [2.24, 2.45) is 4.99 Å². The summed E-state index contributed by atoms with van der Waals surface area (Å²) >= 11 is 0. The summed E-state index contributed by atoms with van der Waals surface area (Å²) in [4.78, 5) is 12.3. The molecule has 0 fully saturated rings. The van der Waals surface area contributed by atoms with Crippen molar-refractivity contribution in [3.8, 4) is 5.75 Å². The quantitative estimate of drug-likeness (QED) is 0.620. The Hall–Kier alpha value is -2.01. The normalized spacial score (nSPS) is 11.1. The molecule has 2 aromatic rings. The summed E-state index contributed by atoms with van der Waals surface area (Å²) in [7, 11) is -0.757. The predicted molar refractivity (Wildman–Crippen MR) is 77.9 cm³/mol. The van der Waals surface area contributed by atoms with Gasteiger partial charge in [-0.2, -0.15) is 0 Å². The number of hydrogen-bond acceptors (Lipinski definition) is 4. The van der Waals surface area contributed by atoms with Gasteiger partial charge < -0.3 is 4.43 Å². The van der Waals surface area contributed by atoms with E-state index < -0.39 is 9.04 Å². The van der Waals surface area contributed by atoms with E-state index in [2.05, 4.69) is 28.1 Å². The molecule has 97 valence electrons. The topological polar surface area (TPSA) is 47.4 Å². The molecule has 0 aliphatic heterocycles. The van der Waals surface area contributed by atoms with Crippen LogP contribution in [0.25, 0.3) is 0 Å². The summed E-state index contributed by atoms with van der Waals surface area (Å²) in [5.74, 6) is 0.933. The number of aliphatic imine (C=N–C) groups is 1. The Bertz CT molecular complexity index is 543. The number of aromatic nitrogens is 2. The lowest BCUT2D eigenvalue weighted by molar-refractivity contribution is 0.572. The standard InChI is InChI=1S/C14H16N3OSi/c1-19(2)18-14-6-4-3-5-13(14)10-15-7-12-8-16-11-17-9-12/h3-9,11H,10H2,1-2H3. The molecule has 2 rings (SSSR count). The van der Waals surface area contributed by atoms with Crippen LogP contribution >= 0.6 is 0 Å².